The van der Waals surface area contributed by atoms with Gasteiger partial charge in [-0.15, -0.1) is 0 Å². The molecule has 4 nitrogen and oxygen atoms in total. The molecule has 0 spiro atoms. The maximum absolute atomic E-state index is 11.1. The molecule has 0 rings (SSSR count). The van der Waals surface area contributed by atoms with Gasteiger partial charge in [0.1, 0.15) is 0 Å². The van der Waals surface area contributed by atoms with Gasteiger partial charge in [-0.2, -0.15) is 0 Å². The number of unbranched alkanes of at least 4 members (excludes halogenated alkanes) is 14. The van der Waals surface area contributed by atoms with E-state index >= 15 is 0 Å². The van der Waals surface area contributed by atoms with E-state index in [4.69, 9.17) is 0 Å². The first-order valence-corrected chi connectivity index (χ1v) is 9.88. The van der Waals surface area contributed by atoms with Crippen molar-refractivity contribution in [3.63, 3.8) is 0 Å². The summed E-state index contributed by atoms with van der Waals surface area (Å²) in [7, 11) is 0. The number of hydrogen-bond donors (Lipinski definition) is 1. The van der Waals surface area contributed by atoms with Gasteiger partial charge in [0.05, 0.1) is 0 Å². The quantitative estimate of drug-likeness (QED) is 0.197. The lowest BCUT2D eigenvalue weighted by atomic mass is 10.0. The van der Waals surface area contributed by atoms with Crippen LogP contribution in [0.25, 0.3) is 0 Å². The monoisotopic (exact) mass is 343 g/mol. The molecule has 0 aromatic carbocycles. The highest BCUT2D eigenvalue weighted by Crippen LogP contribution is 2.13. The lowest BCUT2D eigenvalue weighted by Crippen LogP contribution is -2.08. The highest BCUT2D eigenvalue weighted by Gasteiger charge is 2.04. The first-order valence-electron chi connectivity index (χ1n) is 9.88. The molecule has 0 fully saturated rings. The van der Waals surface area contributed by atoms with Gasteiger partial charge in [0.2, 0.25) is 0 Å². The van der Waals surface area contributed by atoms with Gasteiger partial charge in [-0.05, 0) is 6.42 Å². The minimum Gasteiger partial charge on any atom is -0.393 e. The van der Waals surface area contributed by atoms with Gasteiger partial charge in [0.25, 0.3) is 0 Å². The Morgan fingerprint density at radius 2 is 0.958 bits per heavy atom. The third kappa shape index (κ3) is 21.1. The van der Waals surface area contributed by atoms with Gasteiger partial charge in [0, 0.05) is 13.3 Å². The summed E-state index contributed by atoms with van der Waals surface area (Å²) in [6, 6.07) is 0. The molecule has 0 atom stereocenters. The second-order valence-electron chi connectivity index (χ2n) is 6.67. The van der Waals surface area contributed by atoms with Crippen molar-refractivity contribution in [3.05, 3.63) is 0 Å². The van der Waals surface area contributed by atoms with Crippen LogP contribution in [0.3, 0.4) is 0 Å². The van der Waals surface area contributed by atoms with Crippen LogP contribution >= 0.6 is 0 Å². The Morgan fingerprint density at radius 3 is 1.29 bits per heavy atom. The van der Waals surface area contributed by atoms with Gasteiger partial charge in [-0.1, -0.05) is 96.8 Å². The molecule has 0 aromatic heterocycles. The summed E-state index contributed by atoms with van der Waals surface area (Å²) in [5, 5.41) is 0. The number of hydrogen-bond acceptors (Lipinski definition) is 4. The van der Waals surface area contributed by atoms with Gasteiger partial charge in [0.15, 0.2) is 0 Å². The standard InChI is InChI=1S/C20H38O3.H3N/c1-3-4-5-6-7-8-9-10-11-12-13-14-15-16-17-18-20(22)23-19(2)21;/h3-18H2,1-2H3;1H3. The molecule has 0 unspecified atom stereocenters. The normalized spacial score (nSPS) is 10.2. The predicted molar refractivity (Wildman–Crippen MR) is 101 cm³/mol. The molecular weight excluding hydrogens is 302 g/mol. The summed E-state index contributed by atoms with van der Waals surface area (Å²) >= 11 is 0. The Bertz CT molecular complexity index is 293. The van der Waals surface area contributed by atoms with E-state index in [9.17, 15) is 9.59 Å². The Kier molecular flexibility index (Phi) is 21.3. The fourth-order valence-corrected chi connectivity index (χ4v) is 2.85. The van der Waals surface area contributed by atoms with Crippen molar-refractivity contribution in [1.82, 2.24) is 6.15 Å². The van der Waals surface area contributed by atoms with E-state index in [0.717, 1.165) is 12.8 Å². The summed E-state index contributed by atoms with van der Waals surface area (Å²) < 4.78 is 4.49. The Labute approximate surface area is 149 Å². The average Bonchev–Trinajstić information content (AvgIpc) is 2.50. The van der Waals surface area contributed by atoms with Gasteiger partial charge in [-0.3, -0.25) is 9.59 Å². The largest absolute Gasteiger partial charge is 0.393 e. The first-order chi connectivity index (χ1) is 11.2. The molecule has 0 aromatic rings. The second-order valence-corrected chi connectivity index (χ2v) is 6.67. The van der Waals surface area contributed by atoms with Crippen LogP contribution in [0, 0.1) is 0 Å². The van der Waals surface area contributed by atoms with Crippen LogP contribution in [-0.2, 0) is 14.3 Å². The SMILES string of the molecule is CCCCCCCCCCCCCCCCCC(=O)OC(C)=O.N. The van der Waals surface area contributed by atoms with Crippen LogP contribution in [0.4, 0.5) is 0 Å². The van der Waals surface area contributed by atoms with Crippen LogP contribution in [0.1, 0.15) is 117 Å². The molecule has 0 saturated heterocycles. The smallest absolute Gasteiger partial charge is 0.313 e. The van der Waals surface area contributed by atoms with Gasteiger partial charge < -0.3 is 10.9 Å². The van der Waals surface area contributed by atoms with Crippen LogP contribution in [-0.4, -0.2) is 11.9 Å². The zero-order valence-corrected chi connectivity index (χ0v) is 16.2. The fourth-order valence-electron chi connectivity index (χ4n) is 2.85. The van der Waals surface area contributed by atoms with E-state index in [-0.39, 0.29) is 12.1 Å². The maximum atomic E-state index is 11.1. The van der Waals surface area contributed by atoms with E-state index < -0.39 is 5.97 Å². The molecule has 24 heavy (non-hydrogen) atoms. The van der Waals surface area contributed by atoms with Gasteiger partial charge >= 0.3 is 11.9 Å². The van der Waals surface area contributed by atoms with Crippen LogP contribution in [0.15, 0.2) is 0 Å². The number of carbonyl (C=O) groups excluding carboxylic acids is 2. The van der Waals surface area contributed by atoms with E-state index in [1.54, 1.807) is 0 Å². The molecule has 4 heteroatoms. The summed E-state index contributed by atoms with van der Waals surface area (Å²) in [5.41, 5.74) is 0. The highest BCUT2D eigenvalue weighted by atomic mass is 16.6. The van der Waals surface area contributed by atoms with Gasteiger partial charge in [-0.25, -0.2) is 0 Å². The summed E-state index contributed by atoms with van der Waals surface area (Å²) in [6.45, 7) is 3.53. The zero-order chi connectivity index (χ0) is 17.2. The second kappa shape index (κ2) is 20.1. The molecule has 3 N–H and O–H groups in total. The maximum Gasteiger partial charge on any atom is 0.313 e. The molecule has 0 aliphatic rings. The molecule has 0 heterocycles. The van der Waals surface area contributed by atoms with Crippen LogP contribution < -0.4 is 6.15 Å². The van der Waals surface area contributed by atoms with E-state index in [0.29, 0.717) is 6.42 Å². The first kappa shape index (κ1) is 25.3. The number of ether oxygens (including phenoxy) is 1. The van der Waals surface area contributed by atoms with E-state index in [1.807, 2.05) is 0 Å². The minimum absolute atomic E-state index is 0. The van der Waals surface area contributed by atoms with Crippen molar-refractivity contribution in [2.24, 2.45) is 0 Å². The topological polar surface area (TPSA) is 78.4 Å². The molecule has 144 valence electrons. The van der Waals surface area contributed by atoms with Crippen molar-refractivity contribution in [2.75, 3.05) is 0 Å². The average molecular weight is 344 g/mol. The Balaban J connectivity index is 0. The third-order valence-electron chi connectivity index (χ3n) is 4.24. The molecule has 0 aliphatic carbocycles. The van der Waals surface area contributed by atoms with Crippen molar-refractivity contribution in [2.45, 2.75) is 117 Å². The fraction of sp³-hybridized carbons (Fsp3) is 0.900. The lowest BCUT2D eigenvalue weighted by Gasteiger charge is -2.03. The zero-order valence-electron chi connectivity index (χ0n) is 16.2. The van der Waals surface area contributed by atoms with Crippen LogP contribution in [0.5, 0.6) is 0 Å². The number of carbonyl (C=O) groups is 2. The summed E-state index contributed by atoms with van der Waals surface area (Å²) in [6.07, 6.45) is 20.0. The molecule has 0 saturated carbocycles. The number of esters is 2. The molecule has 0 aliphatic heterocycles. The summed E-state index contributed by atoms with van der Waals surface area (Å²) in [4.78, 5) is 21.7. The lowest BCUT2D eigenvalue weighted by molar-refractivity contribution is -0.158. The molecule has 0 bridgehead atoms. The van der Waals surface area contributed by atoms with Crippen molar-refractivity contribution in [1.29, 1.82) is 0 Å². The molecular formula is C20H41NO3. The van der Waals surface area contributed by atoms with E-state index in [1.165, 1.54) is 90.4 Å². The molecule has 0 radical (unpaired) electrons. The van der Waals surface area contributed by atoms with Crippen LogP contribution in [0.2, 0.25) is 0 Å². The predicted octanol–water partition coefficient (Wildman–Crippen LogP) is 6.50. The highest BCUT2D eigenvalue weighted by molar-refractivity contribution is 5.83. The van der Waals surface area contributed by atoms with Crippen molar-refractivity contribution >= 4 is 11.9 Å². The minimum atomic E-state index is -0.504. The van der Waals surface area contributed by atoms with E-state index in [2.05, 4.69) is 11.7 Å². The Hall–Kier alpha value is -0.900. The van der Waals surface area contributed by atoms with Crippen molar-refractivity contribution in [3.8, 4) is 0 Å². The third-order valence-corrected chi connectivity index (χ3v) is 4.24. The molecule has 0 amide bonds. The number of rotatable bonds is 16. The Morgan fingerprint density at radius 1 is 0.625 bits per heavy atom. The summed E-state index contributed by atoms with van der Waals surface area (Å²) in [5.74, 6) is -0.886. The van der Waals surface area contributed by atoms with Crippen molar-refractivity contribution < 1.29 is 14.3 Å².